The highest BCUT2D eigenvalue weighted by atomic mass is 35.5. The van der Waals surface area contributed by atoms with Crippen LogP contribution >= 0.6 is 11.6 Å². The maximum Gasteiger partial charge on any atom is 0.416 e. The number of H-pyrrole nitrogens is 1. The molecule has 0 bridgehead atoms. The highest BCUT2D eigenvalue weighted by Crippen LogP contribution is 2.39. The number of aliphatic hydroxyl groups is 1. The second-order valence-corrected chi connectivity index (χ2v) is 13.6. The van der Waals surface area contributed by atoms with E-state index in [2.05, 4.69) is 31.6 Å². The van der Waals surface area contributed by atoms with Crippen molar-refractivity contribution in [3.8, 4) is 0 Å². The van der Waals surface area contributed by atoms with Crippen LogP contribution in [0.4, 0.5) is 30.6 Å². The van der Waals surface area contributed by atoms with Gasteiger partial charge < -0.3 is 24.8 Å². The van der Waals surface area contributed by atoms with E-state index in [0.717, 1.165) is 38.8 Å². The van der Waals surface area contributed by atoms with E-state index in [1.807, 2.05) is 0 Å². The lowest BCUT2D eigenvalue weighted by Crippen LogP contribution is -2.52. The molecular weight excluding hydrogens is 589 g/mol. The standard InChI is InChI=1S/C33H44ClF3N6O/c1-22-18-41(31-27(34)14-25(21-44)17-38-31)12-13-43(22)32-39-28-15-26(33(35,36)37)16-29(30(28)40-32)42(19-23-8-4-2-5-9-23)20-24-10-6-3-7-11-24/h14-17,22-24,44H,2-13,18-21H2,1H3,(H,39,40)/t22-/m1/s1. The summed E-state index contributed by atoms with van der Waals surface area (Å²) in [6.07, 6.45) is 9.01. The Morgan fingerprint density at radius 3 is 2.20 bits per heavy atom. The number of aliphatic hydroxyl groups excluding tert-OH is 1. The number of halogens is 4. The fourth-order valence-electron chi connectivity index (χ4n) is 7.52. The first-order chi connectivity index (χ1) is 21.2. The molecule has 2 saturated carbocycles. The lowest BCUT2D eigenvalue weighted by molar-refractivity contribution is -0.137. The molecule has 11 heteroatoms. The fourth-order valence-corrected chi connectivity index (χ4v) is 7.82. The third-order valence-corrected chi connectivity index (χ3v) is 10.2. The zero-order valence-electron chi connectivity index (χ0n) is 25.6. The van der Waals surface area contributed by atoms with Crippen molar-refractivity contribution in [2.45, 2.75) is 90.0 Å². The van der Waals surface area contributed by atoms with Gasteiger partial charge >= 0.3 is 6.18 Å². The zero-order valence-corrected chi connectivity index (χ0v) is 26.3. The second-order valence-electron chi connectivity index (χ2n) is 13.2. The lowest BCUT2D eigenvalue weighted by Gasteiger charge is -2.40. The average Bonchev–Trinajstić information content (AvgIpc) is 3.45. The Hall–Kier alpha value is -2.72. The molecule has 3 fully saturated rings. The molecule has 0 amide bonds. The number of rotatable bonds is 8. The van der Waals surface area contributed by atoms with Gasteiger partial charge in [0, 0.05) is 45.0 Å². The van der Waals surface area contributed by atoms with Gasteiger partial charge in [-0.2, -0.15) is 13.2 Å². The molecule has 240 valence electrons. The zero-order chi connectivity index (χ0) is 30.8. The van der Waals surface area contributed by atoms with Crippen molar-refractivity contribution < 1.29 is 18.3 Å². The van der Waals surface area contributed by atoms with Gasteiger partial charge in [0.25, 0.3) is 0 Å². The number of piperazine rings is 1. The van der Waals surface area contributed by atoms with Crippen LogP contribution < -0.4 is 14.7 Å². The van der Waals surface area contributed by atoms with Gasteiger partial charge in [0.2, 0.25) is 5.95 Å². The van der Waals surface area contributed by atoms with Crippen LogP contribution in [0.5, 0.6) is 0 Å². The molecule has 1 aliphatic heterocycles. The van der Waals surface area contributed by atoms with Crippen LogP contribution in [0.1, 0.15) is 82.3 Å². The minimum atomic E-state index is -4.45. The summed E-state index contributed by atoms with van der Waals surface area (Å²) in [5.74, 6) is 2.25. The molecule has 1 saturated heterocycles. The predicted molar refractivity (Wildman–Crippen MR) is 171 cm³/mol. The molecule has 2 aliphatic carbocycles. The van der Waals surface area contributed by atoms with Gasteiger partial charge in [0.15, 0.2) is 0 Å². The van der Waals surface area contributed by atoms with Crippen molar-refractivity contribution in [1.82, 2.24) is 15.0 Å². The number of nitrogens with one attached hydrogen (secondary N) is 1. The molecular formula is C33H44ClF3N6O. The van der Waals surface area contributed by atoms with E-state index in [1.54, 1.807) is 12.3 Å². The van der Waals surface area contributed by atoms with Gasteiger partial charge in [-0.3, -0.25) is 0 Å². The molecule has 3 aliphatic rings. The van der Waals surface area contributed by atoms with Crippen LogP contribution in [0.3, 0.4) is 0 Å². The highest BCUT2D eigenvalue weighted by Gasteiger charge is 2.35. The van der Waals surface area contributed by atoms with Crippen LogP contribution in [0.15, 0.2) is 24.4 Å². The van der Waals surface area contributed by atoms with E-state index in [9.17, 15) is 18.3 Å². The number of aromatic amines is 1. The van der Waals surface area contributed by atoms with E-state index < -0.39 is 11.7 Å². The number of anilines is 3. The second kappa shape index (κ2) is 13.3. The molecule has 3 heterocycles. The Kier molecular flexibility index (Phi) is 9.47. The molecule has 44 heavy (non-hydrogen) atoms. The smallest absolute Gasteiger partial charge is 0.392 e. The monoisotopic (exact) mass is 632 g/mol. The summed E-state index contributed by atoms with van der Waals surface area (Å²) in [6, 6.07) is 4.31. The van der Waals surface area contributed by atoms with E-state index in [4.69, 9.17) is 16.6 Å². The third-order valence-electron chi connectivity index (χ3n) is 9.89. The maximum atomic E-state index is 14.3. The van der Waals surface area contributed by atoms with Crippen LogP contribution in [0.2, 0.25) is 5.02 Å². The van der Waals surface area contributed by atoms with Gasteiger partial charge in [-0.25, -0.2) is 9.97 Å². The summed E-state index contributed by atoms with van der Waals surface area (Å²) in [6.45, 7) is 5.38. The summed E-state index contributed by atoms with van der Waals surface area (Å²) < 4.78 is 42.9. The van der Waals surface area contributed by atoms with E-state index in [1.165, 1.54) is 50.7 Å². The average molecular weight is 633 g/mol. The van der Waals surface area contributed by atoms with E-state index >= 15 is 0 Å². The molecule has 0 unspecified atom stereocenters. The molecule has 7 nitrogen and oxygen atoms in total. The number of fused-ring (bicyclic) bond motifs is 1. The van der Waals surface area contributed by atoms with Gasteiger partial charge in [0.05, 0.1) is 28.4 Å². The molecule has 2 N–H and O–H groups in total. The number of hydrogen-bond donors (Lipinski definition) is 2. The summed E-state index contributed by atoms with van der Waals surface area (Å²) in [7, 11) is 0. The number of benzene rings is 1. The van der Waals surface area contributed by atoms with E-state index in [0.29, 0.717) is 70.5 Å². The van der Waals surface area contributed by atoms with Crippen LogP contribution in [-0.2, 0) is 12.8 Å². The van der Waals surface area contributed by atoms with Gasteiger partial charge in [-0.15, -0.1) is 0 Å². The van der Waals surface area contributed by atoms with Gasteiger partial charge in [-0.05, 0) is 68.2 Å². The van der Waals surface area contributed by atoms with Gasteiger partial charge in [0.1, 0.15) is 11.3 Å². The Labute approximate surface area is 262 Å². The van der Waals surface area contributed by atoms with Gasteiger partial charge in [-0.1, -0.05) is 50.1 Å². The van der Waals surface area contributed by atoms with Crippen molar-refractivity contribution in [3.05, 3.63) is 40.5 Å². The lowest BCUT2D eigenvalue weighted by atomic mass is 9.86. The number of aromatic nitrogens is 3. The SMILES string of the molecule is C[C@@H]1CN(c2ncc(CO)cc2Cl)CCN1c1nc2c(N(CC3CCCCC3)CC3CCCCC3)cc(C(F)(F)F)cc2[nH]1. The highest BCUT2D eigenvalue weighted by molar-refractivity contribution is 6.33. The largest absolute Gasteiger partial charge is 0.416 e. The van der Waals surface area contributed by atoms with Crippen molar-refractivity contribution in [2.24, 2.45) is 11.8 Å². The molecule has 6 rings (SSSR count). The number of nitrogens with zero attached hydrogens (tertiary/aromatic N) is 5. The Balaban J connectivity index is 1.32. The topological polar surface area (TPSA) is 71.5 Å². The molecule has 3 aromatic rings. The van der Waals surface area contributed by atoms with Crippen molar-refractivity contribution >= 4 is 40.1 Å². The minimum absolute atomic E-state index is 0.00538. The molecule has 0 radical (unpaired) electrons. The molecule has 1 aromatic carbocycles. The van der Waals surface area contributed by atoms with Crippen LogP contribution in [0, 0.1) is 11.8 Å². The first-order valence-electron chi connectivity index (χ1n) is 16.3. The fraction of sp³-hybridized carbons (Fsp3) is 0.636. The Morgan fingerprint density at radius 2 is 1.64 bits per heavy atom. The first kappa shape index (κ1) is 31.3. The maximum absolute atomic E-state index is 14.3. The summed E-state index contributed by atoms with van der Waals surface area (Å²) in [5.41, 5.74) is 1.69. The first-order valence-corrected chi connectivity index (χ1v) is 16.7. The Bertz CT molecular complexity index is 1400. The van der Waals surface area contributed by atoms with Crippen molar-refractivity contribution in [1.29, 1.82) is 0 Å². The Morgan fingerprint density at radius 1 is 0.977 bits per heavy atom. The minimum Gasteiger partial charge on any atom is -0.392 e. The summed E-state index contributed by atoms with van der Waals surface area (Å²) >= 11 is 6.49. The van der Waals surface area contributed by atoms with Crippen LogP contribution in [0.25, 0.3) is 11.0 Å². The number of pyridine rings is 1. The molecule has 1 atom stereocenters. The predicted octanol–water partition coefficient (Wildman–Crippen LogP) is 7.80. The number of imidazole rings is 1. The van der Waals surface area contributed by atoms with Crippen molar-refractivity contribution in [2.75, 3.05) is 47.4 Å². The summed E-state index contributed by atoms with van der Waals surface area (Å²) in [4.78, 5) is 19.3. The quantitative estimate of drug-likeness (QED) is 0.264. The van der Waals surface area contributed by atoms with Crippen LogP contribution in [-0.4, -0.2) is 58.8 Å². The van der Waals surface area contributed by atoms with Crippen molar-refractivity contribution in [3.63, 3.8) is 0 Å². The summed E-state index contributed by atoms with van der Waals surface area (Å²) in [5, 5.41) is 9.90. The number of hydrogen-bond acceptors (Lipinski definition) is 6. The number of alkyl halides is 3. The normalized spacial score (nSPS) is 20.9. The third kappa shape index (κ3) is 6.91. The molecule has 2 aromatic heterocycles. The van der Waals surface area contributed by atoms with E-state index in [-0.39, 0.29) is 12.6 Å². The molecule has 0 spiro atoms.